The number of aliphatic carboxylic acids is 1. The zero-order chi connectivity index (χ0) is 15.7. The lowest BCUT2D eigenvalue weighted by molar-refractivity contribution is -0.150. The topological polar surface area (TPSA) is 86.7 Å². The van der Waals surface area contributed by atoms with Crippen molar-refractivity contribution in [1.82, 2.24) is 10.2 Å². The summed E-state index contributed by atoms with van der Waals surface area (Å²) >= 11 is 0. The predicted octanol–water partition coefficient (Wildman–Crippen LogP) is 0.859. The molecule has 1 aliphatic heterocycles. The third-order valence-corrected chi connectivity index (χ3v) is 3.64. The van der Waals surface area contributed by atoms with Crippen LogP contribution in [0.2, 0.25) is 0 Å². The number of carboxylic acids is 1. The Morgan fingerprint density at radius 3 is 2.30 bits per heavy atom. The molecule has 3 atom stereocenters. The van der Waals surface area contributed by atoms with Gasteiger partial charge in [-0.1, -0.05) is 27.7 Å². The van der Waals surface area contributed by atoms with Gasteiger partial charge in [0.25, 0.3) is 0 Å². The third kappa shape index (κ3) is 3.49. The van der Waals surface area contributed by atoms with Crippen LogP contribution in [0.3, 0.4) is 0 Å². The summed E-state index contributed by atoms with van der Waals surface area (Å²) in [6.07, 6.45) is 0.669. The van der Waals surface area contributed by atoms with Crippen LogP contribution in [-0.2, 0) is 14.4 Å². The van der Waals surface area contributed by atoms with Crippen molar-refractivity contribution in [1.29, 1.82) is 0 Å². The van der Waals surface area contributed by atoms with Crippen LogP contribution in [0.1, 0.15) is 41.0 Å². The van der Waals surface area contributed by atoms with Crippen LogP contribution < -0.4 is 5.32 Å². The Hall–Kier alpha value is -1.59. The molecule has 0 aromatic rings. The van der Waals surface area contributed by atoms with E-state index in [9.17, 15) is 19.5 Å². The van der Waals surface area contributed by atoms with Crippen LogP contribution in [0.5, 0.6) is 0 Å². The highest BCUT2D eigenvalue weighted by molar-refractivity contribution is 5.91. The van der Waals surface area contributed by atoms with Gasteiger partial charge in [0.15, 0.2) is 0 Å². The molecule has 0 spiro atoms. The molecule has 6 nitrogen and oxygen atoms in total. The van der Waals surface area contributed by atoms with Crippen molar-refractivity contribution in [3.8, 4) is 0 Å². The highest BCUT2D eigenvalue weighted by atomic mass is 16.4. The molecule has 0 saturated carbocycles. The fourth-order valence-electron chi connectivity index (χ4n) is 2.29. The van der Waals surface area contributed by atoms with Crippen molar-refractivity contribution < 1.29 is 19.5 Å². The normalized spacial score (nSPS) is 24.4. The Bertz CT molecular complexity index is 414. The minimum atomic E-state index is -0.988. The summed E-state index contributed by atoms with van der Waals surface area (Å²) in [6, 6.07) is -1.51. The molecule has 0 radical (unpaired) electrons. The SMILES string of the molecule is CC(NC(=O)C(C)(C)C)C(=O)N1CCC(C)C1C(=O)O. The molecule has 2 amide bonds. The minimum Gasteiger partial charge on any atom is -0.480 e. The molecule has 1 aliphatic rings. The fourth-order valence-corrected chi connectivity index (χ4v) is 2.29. The lowest BCUT2D eigenvalue weighted by Gasteiger charge is -2.28. The van der Waals surface area contributed by atoms with Gasteiger partial charge in [0.2, 0.25) is 11.8 Å². The molecule has 0 aromatic heterocycles. The Balaban J connectivity index is 2.75. The molecule has 0 bridgehead atoms. The molecule has 1 rings (SSSR count). The van der Waals surface area contributed by atoms with Crippen molar-refractivity contribution in [3.63, 3.8) is 0 Å². The number of nitrogens with zero attached hydrogens (tertiary/aromatic N) is 1. The maximum atomic E-state index is 12.3. The van der Waals surface area contributed by atoms with Crippen molar-refractivity contribution in [2.24, 2.45) is 11.3 Å². The fraction of sp³-hybridized carbons (Fsp3) is 0.786. The molecule has 20 heavy (non-hydrogen) atoms. The first-order chi connectivity index (χ1) is 9.05. The van der Waals surface area contributed by atoms with Crippen molar-refractivity contribution >= 4 is 17.8 Å². The molecule has 2 N–H and O–H groups in total. The summed E-state index contributed by atoms with van der Waals surface area (Å²) in [6.45, 7) is 9.12. The van der Waals surface area contributed by atoms with Gasteiger partial charge in [-0.3, -0.25) is 9.59 Å². The Labute approximate surface area is 119 Å². The number of carboxylic acid groups (broad SMARTS) is 1. The molecular formula is C14H24N2O4. The highest BCUT2D eigenvalue weighted by Gasteiger charge is 2.41. The maximum Gasteiger partial charge on any atom is 0.326 e. The zero-order valence-corrected chi connectivity index (χ0v) is 12.8. The molecule has 1 saturated heterocycles. The Morgan fingerprint density at radius 1 is 1.30 bits per heavy atom. The van der Waals surface area contributed by atoms with E-state index < -0.39 is 23.5 Å². The van der Waals surface area contributed by atoms with E-state index >= 15 is 0 Å². The molecule has 114 valence electrons. The molecule has 3 unspecified atom stereocenters. The smallest absolute Gasteiger partial charge is 0.326 e. The van der Waals surface area contributed by atoms with Crippen LogP contribution >= 0.6 is 0 Å². The molecule has 1 heterocycles. The van der Waals surface area contributed by atoms with Crippen LogP contribution in [0.25, 0.3) is 0 Å². The van der Waals surface area contributed by atoms with Gasteiger partial charge in [0.05, 0.1) is 0 Å². The zero-order valence-electron chi connectivity index (χ0n) is 12.8. The number of hydrogen-bond donors (Lipinski definition) is 2. The maximum absolute atomic E-state index is 12.3. The highest BCUT2D eigenvalue weighted by Crippen LogP contribution is 2.25. The van der Waals surface area contributed by atoms with Crippen LogP contribution in [0, 0.1) is 11.3 Å². The minimum absolute atomic E-state index is 0.0676. The summed E-state index contributed by atoms with van der Waals surface area (Å²) in [4.78, 5) is 36.8. The van der Waals surface area contributed by atoms with Gasteiger partial charge in [-0.25, -0.2) is 4.79 Å². The number of carbonyl (C=O) groups is 3. The van der Waals surface area contributed by atoms with Gasteiger partial charge in [-0.2, -0.15) is 0 Å². The average molecular weight is 284 g/mol. The van der Waals surface area contributed by atoms with E-state index in [4.69, 9.17) is 0 Å². The second-order valence-corrected chi connectivity index (χ2v) is 6.53. The standard InChI is InChI=1S/C14H24N2O4/c1-8-6-7-16(10(8)12(18)19)11(17)9(2)15-13(20)14(3,4)5/h8-10H,6-7H2,1-5H3,(H,15,20)(H,18,19). The van der Waals surface area contributed by atoms with Gasteiger partial charge < -0.3 is 15.3 Å². The second-order valence-electron chi connectivity index (χ2n) is 6.53. The van der Waals surface area contributed by atoms with E-state index in [1.807, 2.05) is 6.92 Å². The van der Waals surface area contributed by atoms with Crippen molar-refractivity contribution in [2.45, 2.75) is 53.1 Å². The Morgan fingerprint density at radius 2 is 1.85 bits per heavy atom. The van der Waals surface area contributed by atoms with E-state index in [1.165, 1.54) is 4.90 Å². The Kier molecular flexibility index (Phi) is 4.78. The van der Waals surface area contributed by atoms with Crippen LogP contribution in [0.4, 0.5) is 0 Å². The van der Waals surface area contributed by atoms with Gasteiger partial charge in [-0.05, 0) is 19.3 Å². The number of hydrogen-bond acceptors (Lipinski definition) is 3. The summed E-state index contributed by atoms with van der Waals surface area (Å²) < 4.78 is 0. The summed E-state index contributed by atoms with van der Waals surface area (Å²) in [5.41, 5.74) is -0.584. The van der Waals surface area contributed by atoms with E-state index in [0.29, 0.717) is 13.0 Å². The third-order valence-electron chi connectivity index (χ3n) is 3.64. The monoisotopic (exact) mass is 284 g/mol. The van der Waals surface area contributed by atoms with Crippen LogP contribution in [-0.4, -0.2) is 46.4 Å². The number of likely N-dealkylation sites (tertiary alicyclic amines) is 1. The first-order valence-corrected chi connectivity index (χ1v) is 6.90. The van der Waals surface area contributed by atoms with Gasteiger partial charge >= 0.3 is 5.97 Å². The van der Waals surface area contributed by atoms with Crippen molar-refractivity contribution in [2.75, 3.05) is 6.54 Å². The summed E-state index contributed by atoms with van der Waals surface area (Å²) in [5.74, 6) is -1.61. The van der Waals surface area contributed by atoms with Gasteiger partial charge in [0.1, 0.15) is 12.1 Å². The number of nitrogens with one attached hydrogen (secondary N) is 1. The van der Waals surface area contributed by atoms with Gasteiger partial charge in [0, 0.05) is 12.0 Å². The first-order valence-electron chi connectivity index (χ1n) is 6.90. The number of amides is 2. The van der Waals surface area contributed by atoms with E-state index in [1.54, 1.807) is 27.7 Å². The predicted molar refractivity (Wildman–Crippen MR) is 74.0 cm³/mol. The quantitative estimate of drug-likeness (QED) is 0.804. The molecule has 6 heteroatoms. The molecule has 0 aromatic carbocycles. The number of carbonyl (C=O) groups excluding carboxylic acids is 2. The molecule has 1 fully saturated rings. The lowest BCUT2D eigenvalue weighted by atomic mass is 9.95. The molecule has 0 aliphatic carbocycles. The number of rotatable bonds is 3. The van der Waals surface area contributed by atoms with E-state index in [-0.39, 0.29) is 17.7 Å². The van der Waals surface area contributed by atoms with Gasteiger partial charge in [-0.15, -0.1) is 0 Å². The van der Waals surface area contributed by atoms with Crippen LogP contribution in [0.15, 0.2) is 0 Å². The first kappa shape index (κ1) is 16.5. The largest absolute Gasteiger partial charge is 0.480 e. The second kappa shape index (κ2) is 5.81. The summed E-state index contributed by atoms with van der Waals surface area (Å²) in [7, 11) is 0. The molecular weight excluding hydrogens is 260 g/mol. The average Bonchev–Trinajstić information content (AvgIpc) is 2.68. The lowest BCUT2D eigenvalue weighted by Crippen LogP contribution is -2.52. The van der Waals surface area contributed by atoms with E-state index in [0.717, 1.165) is 0 Å². The summed E-state index contributed by atoms with van der Waals surface area (Å²) in [5, 5.41) is 11.9. The van der Waals surface area contributed by atoms with Crippen molar-refractivity contribution in [3.05, 3.63) is 0 Å². The van der Waals surface area contributed by atoms with E-state index in [2.05, 4.69) is 5.32 Å².